The van der Waals surface area contributed by atoms with Gasteiger partial charge in [-0.1, -0.05) is 12.1 Å². The third-order valence-corrected chi connectivity index (χ3v) is 7.12. The molecule has 8 nitrogen and oxygen atoms in total. The number of aromatic amines is 1. The molecule has 2 aliphatic rings. The van der Waals surface area contributed by atoms with Crippen LogP contribution >= 0.6 is 0 Å². The molecule has 0 bridgehead atoms. The smallest absolute Gasteiger partial charge is 0.314 e. The van der Waals surface area contributed by atoms with Gasteiger partial charge in [0, 0.05) is 49.4 Å². The molecule has 2 aromatic heterocycles. The van der Waals surface area contributed by atoms with E-state index >= 15 is 0 Å². The normalized spacial score (nSPS) is 18.1. The van der Waals surface area contributed by atoms with Gasteiger partial charge < -0.3 is 15.2 Å². The molecular formula is C26H32F2N6O2. The molecule has 0 spiro atoms. The summed E-state index contributed by atoms with van der Waals surface area (Å²) in [5.41, 5.74) is 8.22. The number of amides is 2. The van der Waals surface area contributed by atoms with Crippen LogP contribution in [0, 0.1) is 25.5 Å². The predicted octanol–water partition coefficient (Wildman–Crippen LogP) is 3.93. The highest BCUT2D eigenvalue weighted by Crippen LogP contribution is 2.31. The standard InChI is InChI=1S/C15H16F2N2.C11H16N4O2/c1-10-8-18-14-7-2-4-11(9-19(10)14)12-5-3-6-13(16)15(12)17;1-7-6-9(10(16)14-13-7)8-2-4-15(5-3-8)11(12)17/h3,5-6,8,11H,2,4,7,9H2,1H3;6,8H,2-5H2,1H3,(H2,12,17)(H,14,16). The maximum Gasteiger partial charge on any atom is 0.314 e. The van der Waals surface area contributed by atoms with Crippen molar-refractivity contribution in [2.24, 2.45) is 5.73 Å². The average Bonchev–Trinajstić information content (AvgIpc) is 3.07. The minimum absolute atomic E-state index is 0.0184. The molecule has 0 radical (unpaired) electrons. The van der Waals surface area contributed by atoms with Crippen molar-refractivity contribution in [1.29, 1.82) is 0 Å². The second-order valence-corrected chi connectivity index (χ2v) is 9.55. The van der Waals surface area contributed by atoms with Crippen molar-refractivity contribution in [3.63, 3.8) is 0 Å². The van der Waals surface area contributed by atoms with E-state index in [9.17, 15) is 18.4 Å². The summed E-state index contributed by atoms with van der Waals surface area (Å²) in [5.74, 6) is -0.198. The SMILES string of the molecule is Cc1cc(C2CCN(C(N)=O)CC2)c(=O)[nH]n1.Cc1cnc2n1CC(c1cccc(F)c1F)CCC2. The van der Waals surface area contributed by atoms with E-state index in [1.165, 1.54) is 6.07 Å². The Morgan fingerprint density at radius 2 is 1.86 bits per heavy atom. The van der Waals surface area contributed by atoms with Crippen LogP contribution < -0.4 is 11.3 Å². The van der Waals surface area contributed by atoms with Crippen LogP contribution in [0.1, 0.15) is 65.9 Å². The van der Waals surface area contributed by atoms with Crippen molar-refractivity contribution < 1.29 is 13.6 Å². The molecular weight excluding hydrogens is 466 g/mol. The molecule has 1 saturated heterocycles. The number of rotatable bonds is 2. The number of fused-ring (bicyclic) bond motifs is 1. The highest BCUT2D eigenvalue weighted by molar-refractivity contribution is 5.72. The van der Waals surface area contributed by atoms with Crippen molar-refractivity contribution in [1.82, 2.24) is 24.6 Å². The Labute approximate surface area is 208 Å². The van der Waals surface area contributed by atoms with Crippen LogP contribution in [0.4, 0.5) is 13.6 Å². The quantitative estimate of drug-likeness (QED) is 0.558. The van der Waals surface area contributed by atoms with Gasteiger partial charge >= 0.3 is 6.03 Å². The largest absolute Gasteiger partial charge is 0.351 e. The summed E-state index contributed by atoms with van der Waals surface area (Å²) in [6.45, 7) is 5.75. The van der Waals surface area contributed by atoms with E-state index in [0.717, 1.165) is 54.9 Å². The number of urea groups is 1. The summed E-state index contributed by atoms with van der Waals surface area (Å²) >= 11 is 0. The molecule has 1 fully saturated rings. The lowest BCUT2D eigenvalue weighted by molar-refractivity contribution is 0.190. The van der Waals surface area contributed by atoms with Crippen LogP contribution in [0.3, 0.4) is 0 Å². The Bertz CT molecular complexity index is 1280. The molecule has 0 aliphatic carbocycles. The summed E-state index contributed by atoms with van der Waals surface area (Å²) in [4.78, 5) is 28.6. The lowest BCUT2D eigenvalue weighted by Crippen LogP contribution is -2.41. The first-order chi connectivity index (χ1) is 17.2. The average molecular weight is 499 g/mol. The second-order valence-electron chi connectivity index (χ2n) is 9.55. The zero-order valence-corrected chi connectivity index (χ0v) is 20.6. The molecule has 10 heteroatoms. The lowest BCUT2D eigenvalue weighted by atomic mass is 9.90. The van der Waals surface area contributed by atoms with Crippen molar-refractivity contribution in [2.45, 2.75) is 64.3 Å². The molecule has 1 aromatic carbocycles. The van der Waals surface area contributed by atoms with Crippen LogP contribution in [-0.4, -0.2) is 43.8 Å². The number of hydrogen-bond acceptors (Lipinski definition) is 4. The molecule has 5 rings (SSSR count). The van der Waals surface area contributed by atoms with E-state index in [2.05, 4.69) is 19.7 Å². The maximum absolute atomic E-state index is 13.9. The highest BCUT2D eigenvalue weighted by Gasteiger charge is 2.25. The predicted molar refractivity (Wildman–Crippen MR) is 132 cm³/mol. The summed E-state index contributed by atoms with van der Waals surface area (Å²) < 4.78 is 29.4. The summed E-state index contributed by atoms with van der Waals surface area (Å²) in [5, 5.41) is 6.34. The van der Waals surface area contributed by atoms with Gasteiger partial charge in [-0.2, -0.15) is 5.10 Å². The number of nitrogens with one attached hydrogen (secondary N) is 1. The van der Waals surface area contributed by atoms with E-state index in [0.29, 0.717) is 25.2 Å². The van der Waals surface area contributed by atoms with Gasteiger partial charge in [-0.15, -0.1) is 0 Å². The van der Waals surface area contributed by atoms with Gasteiger partial charge in [-0.3, -0.25) is 4.79 Å². The molecule has 0 saturated carbocycles. The number of nitrogens with zero attached hydrogens (tertiary/aromatic N) is 4. The number of H-pyrrole nitrogens is 1. The topological polar surface area (TPSA) is 110 Å². The van der Waals surface area contributed by atoms with Gasteiger partial charge in [0.1, 0.15) is 5.82 Å². The first kappa shape index (κ1) is 25.5. The van der Waals surface area contributed by atoms with E-state index in [-0.39, 0.29) is 23.4 Å². The molecule has 2 aliphatic heterocycles. The van der Waals surface area contributed by atoms with Crippen molar-refractivity contribution in [3.8, 4) is 0 Å². The number of nitrogens with two attached hydrogens (primary N) is 1. The molecule has 4 heterocycles. The number of benzene rings is 1. The molecule has 3 N–H and O–H groups in total. The minimum Gasteiger partial charge on any atom is -0.351 e. The Balaban J connectivity index is 0.000000170. The maximum atomic E-state index is 13.9. The van der Waals surface area contributed by atoms with Crippen molar-refractivity contribution in [3.05, 3.63) is 80.8 Å². The Morgan fingerprint density at radius 1 is 1.11 bits per heavy atom. The number of halogens is 2. The summed E-state index contributed by atoms with van der Waals surface area (Å²) in [6.07, 6.45) is 6.12. The summed E-state index contributed by atoms with van der Waals surface area (Å²) in [7, 11) is 0. The van der Waals surface area contributed by atoms with Gasteiger partial charge in [0.25, 0.3) is 5.56 Å². The van der Waals surface area contributed by atoms with Crippen LogP contribution in [0.25, 0.3) is 0 Å². The van der Waals surface area contributed by atoms with Gasteiger partial charge in [-0.05, 0) is 63.1 Å². The first-order valence-corrected chi connectivity index (χ1v) is 12.3. The number of primary amides is 1. The molecule has 1 atom stereocenters. The van der Waals surface area contributed by atoms with Crippen molar-refractivity contribution >= 4 is 6.03 Å². The Morgan fingerprint density at radius 3 is 2.58 bits per heavy atom. The molecule has 36 heavy (non-hydrogen) atoms. The molecule has 1 unspecified atom stereocenters. The highest BCUT2D eigenvalue weighted by atomic mass is 19.2. The van der Waals surface area contributed by atoms with Gasteiger partial charge in [0.05, 0.1) is 5.69 Å². The Hall–Kier alpha value is -3.56. The van der Waals surface area contributed by atoms with Gasteiger partial charge in [-0.25, -0.2) is 23.7 Å². The fourth-order valence-electron chi connectivity index (χ4n) is 5.11. The van der Waals surface area contributed by atoms with E-state index < -0.39 is 11.6 Å². The fourth-order valence-corrected chi connectivity index (χ4v) is 5.11. The number of hydrogen-bond donors (Lipinski definition) is 2. The van der Waals surface area contributed by atoms with Crippen LogP contribution in [0.2, 0.25) is 0 Å². The fraction of sp³-hybridized carbons (Fsp3) is 0.462. The lowest BCUT2D eigenvalue weighted by Gasteiger charge is -2.30. The number of aromatic nitrogens is 4. The molecule has 192 valence electrons. The van der Waals surface area contributed by atoms with Gasteiger partial charge in [0.15, 0.2) is 11.6 Å². The molecule has 3 aromatic rings. The van der Waals surface area contributed by atoms with E-state index in [1.54, 1.807) is 17.0 Å². The van der Waals surface area contributed by atoms with Gasteiger partial charge in [0.2, 0.25) is 0 Å². The third kappa shape index (κ3) is 5.63. The second kappa shape index (κ2) is 11.0. The first-order valence-electron chi connectivity index (χ1n) is 12.3. The molecule has 2 amide bonds. The number of aryl methyl sites for hydroxylation is 3. The van der Waals surface area contributed by atoms with Crippen molar-refractivity contribution in [2.75, 3.05) is 13.1 Å². The zero-order chi connectivity index (χ0) is 25.8. The Kier molecular flexibility index (Phi) is 7.81. The minimum atomic E-state index is -0.760. The van der Waals surface area contributed by atoms with Crippen LogP contribution in [0.5, 0.6) is 0 Å². The van der Waals surface area contributed by atoms with Crippen LogP contribution in [0.15, 0.2) is 35.3 Å². The summed E-state index contributed by atoms with van der Waals surface area (Å²) in [6, 6.07) is 5.89. The number of carbonyl (C=O) groups is 1. The zero-order valence-electron chi connectivity index (χ0n) is 20.6. The van der Waals surface area contributed by atoms with E-state index in [1.807, 2.05) is 26.1 Å². The third-order valence-electron chi connectivity index (χ3n) is 7.12. The van der Waals surface area contributed by atoms with Crippen LogP contribution in [-0.2, 0) is 13.0 Å². The monoisotopic (exact) mass is 498 g/mol. The number of likely N-dealkylation sites (tertiary alicyclic amines) is 1. The number of carbonyl (C=O) groups excluding carboxylic acids is 1. The number of imidazole rings is 1. The number of piperidine rings is 1. The van der Waals surface area contributed by atoms with E-state index in [4.69, 9.17) is 5.73 Å².